The molecule has 0 saturated carbocycles. The summed E-state index contributed by atoms with van der Waals surface area (Å²) in [5.41, 5.74) is 0.125. The van der Waals surface area contributed by atoms with Crippen LogP contribution in [0.5, 0.6) is 5.75 Å². The van der Waals surface area contributed by atoms with Crippen molar-refractivity contribution in [3.05, 3.63) is 23.2 Å². The number of carbonyl (C=O) groups excluding carboxylic acids is 1. The molecule has 0 spiro atoms. The predicted octanol–water partition coefficient (Wildman–Crippen LogP) is 1.79. The van der Waals surface area contributed by atoms with Gasteiger partial charge in [-0.2, -0.15) is 0 Å². The van der Waals surface area contributed by atoms with E-state index in [9.17, 15) is 9.90 Å². The van der Waals surface area contributed by atoms with E-state index in [1.165, 1.54) is 24.5 Å². The highest BCUT2D eigenvalue weighted by Gasteiger charge is 2.12. The molecule has 0 unspecified atom stereocenters. The first-order valence-corrected chi connectivity index (χ1v) is 4.76. The van der Waals surface area contributed by atoms with Crippen LogP contribution in [0.25, 0.3) is 10.2 Å². The summed E-state index contributed by atoms with van der Waals surface area (Å²) in [4.78, 5) is 15.8. The maximum atomic E-state index is 11.1. The second-order valence-corrected chi connectivity index (χ2v) is 3.55. The number of ether oxygens (including phenoxy) is 1. The number of pyridine rings is 1. The van der Waals surface area contributed by atoms with Gasteiger partial charge in [-0.05, 0) is 11.4 Å². The summed E-state index contributed by atoms with van der Waals surface area (Å²) in [6, 6.07) is 3.06. The molecule has 5 heteroatoms. The molecule has 0 aliphatic heterocycles. The number of carbonyl (C=O) groups is 1. The molecular weight excluding hydrogens is 202 g/mol. The Balaban J connectivity index is 2.64. The van der Waals surface area contributed by atoms with E-state index in [4.69, 9.17) is 0 Å². The molecule has 0 fully saturated rings. The number of rotatable bonds is 1. The number of thiophene rings is 1. The molecule has 2 heterocycles. The summed E-state index contributed by atoms with van der Waals surface area (Å²) in [5.74, 6) is -0.493. The van der Waals surface area contributed by atoms with Gasteiger partial charge in [0.25, 0.3) is 0 Å². The highest BCUT2D eigenvalue weighted by molar-refractivity contribution is 7.16. The van der Waals surface area contributed by atoms with Crippen LogP contribution in [0.3, 0.4) is 0 Å². The molecule has 0 aliphatic rings. The lowest BCUT2D eigenvalue weighted by Gasteiger charge is -1.99. The summed E-state index contributed by atoms with van der Waals surface area (Å²) >= 11 is 1.36. The number of methoxy groups -OCH3 is 1. The van der Waals surface area contributed by atoms with Crippen molar-refractivity contribution in [1.29, 1.82) is 0 Å². The molecule has 1 N–H and O–H groups in total. The minimum Gasteiger partial charge on any atom is -0.507 e. The van der Waals surface area contributed by atoms with Crippen molar-refractivity contribution in [1.82, 2.24) is 4.98 Å². The van der Waals surface area contributed by atoms with E-state index in [1.807, 2.05) is 0 Å². The zero-order valence-corrected chi connectivity index (χ0v) is 8.17. The fraction of sp³-hybridized carbons (Fsp3) is 0.111. The standard InChI is InChI=1S/C9H7NO3S/c1-13-9(12)6-4-7(11)5-2-3-14-8(5)10-6/h2-4H,1H3,(H,10,11). The van der Waals surface area contributed by atoms with Gasteiger partial charge in [0, 0.05) is 6.07 Å². The third kappa shape index (κ3) is 1.31. The monoisotopic (exact) mass is 209 g/mol. The van der Waals surface area contributed by atoms with E-state index >= 15 is 0 Å². The van der Waals surface area contributed by atoms with Crippen LogP contribution in [0.2, 0.25) is 0 Å². The van der Waals surface area contributed by atoms with Gasteiger partial charge in [-0.15, -0.1) is 11.3 Å². The van der Waals surface area contributed by atoms with E-state index in [0.717, 1.165) is 0 Å². The van der Waals surface area contributed by atoms with Crippen LogP contribution in [-0.4, -0.2) is 23.2 Å². The largest absolute Gasteiger partial charge is 0.507 e. The number of hydrogen-bond donors (Lipinski definition) is 1. The first kappa shape index (κ1) is 8.96. The van der Waals surface area contributed by atoms with E-state index in [-0.39, 0.29) is 11.4 Å². The lowest BCUT2D eigenvalue weighted by molar-refractivity contribution is 0.0594. The summed E-state index contributed by atoms with van der Waals surface area (Å²) in [6.45, 7) is 0. The Hall–Kier alpha value is -1.62. The minimum absolute atomic E-state index is 0.0525. The molecule has 0 radical (unpaired) electrons. The molecule has 0 amide bonds. The average Bonchev–Trinajstić information content (AvgIpc) is 2.64. The smallest absolute Gasteiger partial charge is 0.356 e. The molecule has 2 aromatic rings. The molecule has 14 heavy (non-hydrogen) atoms. The topological polar surface area (TPSA) is 59.4 Å². The van der Waals surface area contributed by atoms with Crippen molar-refractivity contribution in [3.8, 4) is 5.75 Å². The molecule has 4 nitrogen and oxygen atoms in total. The van der Waals surface area contributed by atoms with Gasteiger partial charge in [-0.25, -0.2) is 9.78 Å². The van der Waals surface area contributed by atoms with Gasteiger partial charge in [-0.3, -0.25) is 0 Å². The zero-order valence-electron chi connectivity index (χ0n) is 7.35. The first-order valence-electron chi connectivity index (χ1n) is 3.88. The number of aromatic nitrogens is 1. The number of hydrogen-bond acceptors (Lipinski definition) is 5. The molecule has 0 aromatic carbocycles. The Morgan fingerprint density at radius 1 is 1.64 bits per heavy atom. The summed E-state index contributed by atoms with van der Waals surface area (Å²) in [6.07, 6.45) is 0. The van der Waals surface area contributed by atoms with Crippen molar-refractivity contribution in [2.24, 2.45) is 0 Å². The van der Waals surface area contributed by atoms with Crippen LogP contribution in [0.1, 0.15) is 10.5 Å². The quantitative estimate of drug-likeness (QED) is 0.727. The van der Waals surface area contributed by atoms with Gasteiger partial charge in [0.2, 0.25) is 0 Å². The number of aromatic hydroxyl groups is 1. The third-order valence-corrected chi connectivity index (χ3v) is 2.62. The maximum absolute atomic E-state index is 11.1. The third-order valence-electron chi connectivity index (χ3n) is 1.81. The van der Waals surface area contributed by atoms with Crippen LogP contribution in [-0.2, 0) is 4.74 Å². The van der Waals surface area contributed by atoms with Crippen LogP contribution in [0, 0.1) is 0 Å². The Bertz CT molecular complexity index is 492. The van der Waals surface area contributed by atoms with Crippen LogP contribution < -0.4 is 0 Å². The van der Waals surface area contributed by atoms with Crippen molar-refractivity contribution < 1.29 is 14.6 Å². The normalized spacial score (nSPS) is 10.4. The molecule has 0 bridgehead atoms. The Morgan fingerprint density at radius 2 is 2.43 bits per heavy atom. The Morgan fingerprint density at radius 3 is 3.14 bits per heavy atom. The zero-order chi connectivity index (χ0) is 10.1. The van der Waals surface area contributed by atoms with Crippen molar-refractivity contribution in [2.75, 3.05) is 7.11 Å². The first-order chi connectivity index (χ1) is 6.72. The molecule has 2 rings (SSSR count). The van der Waals surface area contributed by atoms with E-state index < -0.39 is 5.97 Å². The van der Waals surface area contributed by atoms with Crippen LogP contribution >= 0.6 is 11.3 Å². The van der Waals surface area contributed by atoms with Gasteiger partial charge in [-0.1, -0.05) is 0 Å². The number of esters is 1. The van der Waals surface area contributed by atoms with Crippen LogP contribution in [0.15, 0.2) is 17.5 Å². The molecule has 0 saturated heterocycles. The number of fused-ring (bicyclic) bond motifs is 1. The predicted molar refractivity (Wildman–Crippen MR) is 52.6 cm³/mol. The van der Waals surface area contributed by atoms with Gasteiger partial charge in [0.05, 0.1) is 12.5 Å². The van der Waals surface area contributed by atoms with Crippen molar-refractivity contribution in [3.63, 3.8) is 0 Å². The molecular formula is C9H7NO3S. The fourth-order valence-electron chi connectivity index (χ4n) is 1.14. The number of nitrogens with zero attached hydrogens (tertiary/aromatic N) is 1. The van der Waals surface area contributed by atoms with Crippen molar-refractivity contribution >= 4 is 27.5 Å². The summed E-state index contributed by atoms with van der Waals surface area (Å²) in [7, 11) is 1.28. The SMILES string of the molecule is COC(=O)c1cc(O)c2ccsc2n1. The second-order valence-electron chi connectivity index (χ2n) is 2.66. The van der Waals surface area contributed by atoms with Gasteiger partial charge in [0.15, 0.2) is 5.69 Å². The Labute approximate surface area is 83.8 Å². The Kier molecular flexibility index (Phi) is 2.09. The lowest BCUT2D eigenvalue weighted by atomic mass is 10.2. The van der Waals surface area contributed by atoms with Gasteiger partial charge >= 0.3 is 5.97 Å². The van der Waals surface area contributed by atoms with Crippen molar-refractivity contribution in [2.45, 2.75) is 0 Å². The lowest BCUT2D eigenvalue weighted by Crippen LogP contribution is -2.03. The molecule has 0 aliphatic carbocycles. The van der Waals surface area contributed by atoms with E-state index in [1.54, 1.807) is 11.4 Å². The summed E-state index contributed by atoms with van der Waals surface area (Å²) < 4.78 is 4.51. The van der Waals surface area contributed by atoms with E-state index in [0.29, 0.717) is 10.2 Å². The minimum atomic E-state index is -0.546. The fourth-order valence-corrected chi connectivity index (χ4v) is 1.92. The van der Waals surface area contributed by atoms with Crippen LogP contribution in [0.4, 0.5) is 0 Å². The second kappa shape index (κ2) is 3.26. The average molecular weight is 209 g/mol. The molecule has 72 valence electrons. The summed E-state index contributed by atoms with van der Waals surface area (Å²) in [5, 5.41) is 12.0. The highest BCUT2D eigenvalue weighted by Crippen LogP contribution is 2.28. The van der Waals surface area contributed by atoms with Gasteiger partial charge < -0.3 is 9.84 Å². The molecule has 2 aromatic heterocycles. The highest BCUT2D eigenvalue weighted by atomic mass is 32.1. The maximum Gasteiger partial charge on any atom is 0.356 e. The molecule has 0 atom stereocenters. The van der Waals surface area contributed by atoms with Gasteiger partial charge in [0.1, 0.15) is 10.6 Å². The van der Waals surface area contributed by atoms with E-state index in [2.05, 4.69) is 9.72 Å².